The highest BCUT2D eigenvalue weighted by atomic mass is 16.5. The average Bonchev–Trinajstić information content (AvgIpc) is 2.53. The first kappa shape index (κ1) is 16.5. The van der Waals surface area contributed by atoms with Gasteiger partial charge >= 0.3 is 0 Å². The molecule has 122 valence electrons. The lowest BCUT2D eigenvalue weighted by molar-refractivity contribution is 0.0917. The molecule has 22 heavy (non-hydrogen) atoms. The highest BCUT2D eigenvalue weighted by Crippen LogP contribution is 2.39. The van der Waals surface area contributed by atoms with E-state index in [0.717, 1.165) is 19.3 Å². The standard InChI is InChI=1S/C17H25NO4/c1-11-6-5-7-12(10-11)18-17(19)13-8-9-14(20-2)16(22-4)15(13)21-3/h8-9,11-12H,5-7,10H2,1-4H3,(H,18,19). The SMILES string of the molecule is COc1ccc(C(=O)NC2CCCC(C)C2)c(OC)c1OC. The van der Waals surface area contributed by atoms with E-state index in [1.165, 1.54) is 20.6 Å². The molecule has 5 heteroatoms. The van der Waals surface area contributed by atoms with E-state index in [2.05, 4.69) is 12.2 Å². The molecule has 1 saturated carbocycles. The maximum atomic E-state index is 12.6. The maximum Gasteiger partial charge on any atom is 0.255 e. The molecule has 0 aliphatic heterocycles. The first-order valence-electron chi connectivity index (χ1n) is 7.70. The summed E-state index contributed by atoms with van der Waals surface area (Å²) in [5.41, 5.74) is 0.471. The molecule has 1 aliphatic rings. The summed E-state index contributed by atoms with van der Waals surface area (Å²) in [5.74, 6) is 1.92. The van der Waals surface area contributed by atoms with Gasteiger partial charge in [0, 0.05) is 6.04 Å². The second-order valence-corrected chi connectivity index (χ2v) is 5.82. The number of carbonyl (C=O) groups is 1. The number of hydrogen-bond donors (Lipinski definition) is 1. The third-order valence-electron chi connectivity index (χ3n) is 4.22. The lowest BCUT2D eigenvalue weighted by Gasteiger charge is -2.27. The Morgan fingerprint density at radius 3 is 2.41 bits per heavy atom. The van der Waals surface area contributed by atoms with Gasteiger partial charge in [-0.2, -0.15) is 0 Å². The Labute approximate surface area is 131 Å². The minimum absolute atomic E-state index is 0.128. The van der Waals surface area contributed by atoms with Crippen LogP contribution >= 0.6 is 0 Å². The van der Waals surface area contributed by atoms with Crippen LogP contribution in [-0.4, -0.2) is 33.3 Å². The molecule has 0 spiro atoms. The fourth-order valence-corrected chi connectivity index (χ4v) is 3.11. The van der Waals surface area contributed by atoms with E-state index in [9.17, 15) is 4.79 Å². The first-order chi connectivity index (χ1) is 10.6. The molecule has 0 heterocycles. The summed E-state index contributed by atoms with van der Waals surface area (Å²) in [6.45, 7) is 2.23. The molecule has 1 aromatic carbocycles. The number of rotatable bonds is 5. The second kappa shape index (κ2) is 7.38. The first-order valence-corrected chi connectivity index (χ1v) is 7.70. The molecular weight excluding hydrogens is 282 g/mol. The second-order valence-electron chi connectivity index (χ2n) is 5.82. The molecular formula is C17H25NO4. The average molecular weight is 307 g/mol. The van der Waals surface area contributed by atoms with Gasteiger partial charge < -0.3 is 19.5 Å². The Morgan fingerprint density at radius 2 is 1.82 bits per heavy atom. The van der Waals surface area contributed by atoms with Crippen LogP contribution in [0.5, 0.6) is 17.2 Å². The number of ether oxygens (including phenoxy) is 3. The van der Waals surface area contributed by atoms with Gasteiger partial charge in [-0.3, -0.25) is 4.79 Å². The van der Waals surface area contributed by atoms with Gasteiger partial charge in [0.15, 0.2) is 11.5 Å². The largest absolute Gasteiger partial charge is 0.493 e. The van der Waals surface area contributed by atoms with Gasteiger partial charge in [-0.15, -0.1) is 0 Å². The predicted octanol–water partition coefficient (Wildman–Crippen LogP) is 3.02. The number of methoxy groups -OCH3 is 3. The number of nitrogens with one attached hydrogen (secondary N) is 1. The molecule has 2 atom stereocenters. The van der Waals surface area contributed by atoms with Crippen LogP contribution in [0.4, 0.5) is 0 Å². The van der Waals surface area contributed by atoms with E-state index in [0.29, 0.717) is 28.7 Å². The van der Waals surface area contributed by atoms with E-state index < -0.39 is 0 Å². The quantitative estimate of drug-likeness (QED) is 0.908. The van der Waals surface area contributed by atoms with Crippen molar-refractivity contribution in [3.63, 3.8) is 0 Å². The number of carbonyl (C=O) groups excluding carboxylic acids is 1. The minimum Gasteiger partial charge on any atom is -0.493 e. The Kier molecular flexibility index (Phi) is 5.52. The van der Waals surface area contributed by atoms with Crippen LogP contribution in [0.2, 0.25) is 0 Å². The van der Waals surface area contributed by atoms with Crippen molar-refractivity contribution in [1.82, 2.24) is 5.32 Å². The van der Waals surface area contributed by atoms with E-state index >= 15 is 0 Å². The Bertz CT molecular complexity index is 530. The van der Waals surface area contributed by atoms with Crippen molar-refractivity contribution in [2.24, 2.45) is 5.92 Å². The molecule has 1 amide bonds. The molecule has 0 aromatic heterocycles. The van der Waals surface area contributed by atoms with Gasteiger partial charge in [0.05, 0.1) is 26.9 Å². The van der Waals surface area contributed by atoms with E-state index in [1.54, 1.807) is 19.2 Å². The maximum absolute atomic E-state index is 12.6. The smallest absolute Gasteiger partial charge is 0.255 e. The summed E-state index contributed by atoms with van der Waals surface area (Å²) < 4.78 is 15.9. The van der Waals surface area contributed by atoms with Crippen molar-refractivity contribution in [3.8, 4) is 17.2 Å². The molecule has 0 saturated heterocycles. The lowest BCUT2D eigenvalue weighted by Crippen LogP contribution is -2.38. The molecule has 2 rings (SSSR count). The molecule has 1 aliphatic carbocycles. The molecule has 0 bridgehead atoms. The van der Waals surface area contributed by atoms with Crippen LogP contribution in [0.25, 0.3) is 0 Å². The van der Waals surface area contributed by atoms with Crippen molar-refractivity contribution in [2.75, 3.05) is 21.3 Å². The molecule has 1 fully saturated rings. The normalized spacial score (nSPS) is 21.1. The third kappa shape index (κ3) is 3.46. The van der Waals surface area contributed by atoms with Gasteiger partial charge in [-0.1, -0.05) is 19.8 Å². The summed E-state index contributed by atoms with van der Waals surface area (Å²) in [7, 11) is 4.61. The van der Waals surface area contributed by atoms with Gasteiger partial charge in [0.1, 0.15) is 0 Å². The lowest BCUT2D eigenvalue weighted by atomic mass is 9.87. The molecule has 1 N–H and O–H groups in total. The van der Waals surface area contributed by atoms with E-state index in [-0.39, 0.29) is 11.9 Å². The van der Waals surface area contributed by atoms with Crippen molar-refractivity contribution < 1.29 is 19.0 Å². The number of benzene rings is 1. The monoisotopic (exact) mass is 307 g/mol. The molecule has 0 radical (unpaired) electrons. The van der Waals surface area contributed by atoms with Crippen LogP contribution in [0.15, 0.2) is 12.1 Å². The Balaban J connectivity index is 2.21. The van der Waals surface area contributed by atoms with E-state index in [4.69, 9.17) is 14.2 Å². The van der Waals surface area contributed by atoms with Crippen molar-refractivity contribution in [1.29, 1.82) is 0 Å². The summed E-state index contributed by atoms with van der Waals surface area (Å²) in [4.78, 5) is 12.6. The molecule has 2 unspecified atom stereocenters. The van der Waals surface area contributed by atoms with Crippen LogP contribution in [0.3, 0.4) is 0 Å². The minimum atomic E-state index is -0.128. The fourth-order valence-electron chi connectivity index (χ4n) is 3.11. The van der Waals surface area contributed by atoms with Gasteiger partial charge in [-0.05, 0) is 30.9 Å². The fraction of sp³-hybridized carbons (Fsp3) is 0.588. The highest BCUT2D eigenvalue weighted by Gasteiger charge is 2.24. The van der Waals surface area contributed by atoms with Crippen molar-refractivity contribution in [3.05, 3.63) is 17.7 Å². The van der Waals surface area contributed by atoms with Crippen LogP contribution in [-0.2, 0) is 0 Å². The highest BCUT2D eigenvalue weighted by molar-refractivity contribution is 5.98. The predicted molar refractivity (Wildman–Crippen MR) is 85.0 cm³/mol. The van der Waals surface area contributed by atoms with Crippen LogP contribution in [0.1, 0.15) is 43.0 Å². The van der Waals surface area contributed by atoms with Gasteiger partial charge in [0.2, 0.25) is 5.75 Å². The Morgan fingerprint density at radius 1 is 1.09 bits per heavy atom. The van der Waals surface area contributed by atoms with E-state index in [1.807, 2.05) is 0 Å². The molecule has 5 nitrogen and oxygen atoms in total. The Hall–Kier alpha value is -1.91. The third-order valence-corrected chi connectivity index (χ3v) is 4.22. The van der Waals surface area contributed by atoms with Crippen LogP contribution < -0.4 is 19.5 Å². The summed E-state index contributed by atoms with van der Waals surface area (Å²) >= 11 is 0. The zero-order valence-corrected chi connectivity index (χ0v) is 13.8. The van der Waals surface area contributed by atoms with Crippen molar-refractivity contribution >= 4 is 5.91 Å². The zero-order chi connectivity index (χ0) is 16.1. The zero-order valence-electron chi connectivity index (χ0n) is 13.8. The van der Waals surface area contributed by atoms with Crippen LogP contribution in [0, 0.1) is 5.92 Å². The molecule has 1 aromatic rings. The summed E-state index contributed by atoms with van der Waals surface area (Å²) in [5, 5.41) is 3.11. The van der Waals surface area contributed by atoms with Crippen molar-refractivity contribution in [2.45, 2.75) is 38.6 Å². The summed E-state index contributed by atoms with van der Waals surface area (Å²) in [6, 6.07) is 3.66. The number of amides is 1. The van der Waals surface area contributed by atoms with Gasteiger partial charge in [0.25, 0.3) is 5.91 Å². The topological polar surface area (TPSA) is 56.8 Å². The number of hydrogen-bond acceptors (Lipinski definition) is 4. The summed E-state index contributed by atoms with van der Waals surface area (Å²) in [6.07, 6.45) is 4.47. The van der Waals surface area contributed by atoms with Gasteiger partial charge in [-0.25, -0.2) is 0 Å².